The van der Waals surface area contributed by atoms with Crippen LogP contribution in [0.3, 0.4) is 0 Å². The molecule has 1 heterocycles. The maximum absolute atomic E-state index is 8.41. The third-order valence-electron chi connectivity index (χ3n) is 2.44. The van der Waals surface area contributed by atoms with Crippen molar-refractivity contribution < 1.29 is 0 Å². The molecule has 1 aromatic rings. The van der Waals surface area contributed by atoms with E-state index in [2.05, 4.69) is 30.2 Å². The normalized spacial score (nSPS) is 11.0. The second-order valence-corrected chi connectivity index (χ2v) is 4.20. The lowest BCUT2D eigenvalue weighted by molar-refractivity contribution is 0.473. The molecule has 3 nitrogen and oxygen atoms in total. The van der Waals surface area contributed by atoms with E-state index in [1.54, 1.807) is 0 Å². The van der Waals surface area contributed by atoms with Gasteiger partial charge in [0.25, 0.3) is 0 Å². The van der Waals surface area contributed by atoms with E-state index in [1.807, 2.05) is 24.5 Å². The molecule has 0 aliphatic rings. The molecule has 0 saturated carbocycles. The highest BCUT2D eigenvalue weighted by molar-refractivity contribution is 5.20. The molecule has 1 aromatic heterocycles. The molecule has 15 heavy (non-hydrogen) atoms. The van der Waals surface area contributed by atoms with Crippen molar-refractivity contribution >= 4 is 0 Å². The van der Waals surface area contributed by atoms with Gasteiger partial charge in [-0.15, -0.1) is 0 Å². The fourth-order valence-electron chi connectivity index (χ4n) is 1.45. The summed E-state index contributed by atoms with van der Waals surface area (Å²) in [5.74, 6) is 0. The topological polar surface area (TPSA) is 48.7 Å². The Morgan fingerprint density at radius 1 is 1.40 bits per heavy atom. The van der Waals surface area contributed by atoms with Crippen LogP contribution >= 0.6 is 0 Å². The summed E-state index contributed by atoms with van der Waals surface area (Å²) in [5.41, 5.74) is 1.35. The van der Waals surface area contributed by atoms with Crippen LogP contribution in [0.1, 0.15) is 25.8 Å². The zero-order valence-electron chi connectivity index (χ0n) is 9.33. The minimum atomic E-state index is 0.0817. The van der Waals surface area contributed by atoms with Crippen molar-refractivity contribution in [3.8, 4) is 6.07 Å². The van der Waals surface area contributed by atoms with E-state index >= 15 is 0 Å². The quantitative estimate of drug-likeness (QED) is 0.743. The second kappa shape index (κ2) is 5.47. The second-order valence-electron chi connectivity index (χ2n) is 4.20. The predicted molar refractivity (Wildman–Crippen MR) is 60.4 cm³/mol. The smallest absolute Gasteiger partial charge is 0.0635 e. The lowest BCUT2D eigenvalue weighted by Gasteiger charge is -2.25. The van der Waals surface area contributed by atoms with E-state index in [0.717, 1.165) is 13.1 Å². The summed E-state index contributed by atoms with van der Waals surface area (Å²) < 4.78 is 0. The van der Waals surface area contributed by atoms with Crippen molar-refractivity contribution in [3.05, 3.63) is 30.1 Å². The van der Waals surface area contributed by atoms with Gasteiger partial charge in [0.2, 0.25) is 0 Å². The first kappa shape index (κ1) is 11.7. The van der Waals surface area contributed by atoms with Gasteiger partial charge in [0.05, 0.1) is 6.07 Å². The summed E-state index contributed by atoms with van der Waals surface area (Å²) in [4.78, 5) is 4.01. The summed E-state index contributed by atoms with van der Waals surface area (Å²) in [7, 11) is 0. The van der Waals surface area contributed by atoms with E-state index < -0.39 is 0 Å². The molecule has 0 aromatic carbocycles. The maximum atomic E-state index is 8.41. The van der Waals surface area contributed by atoms with Crippen LogP contribution in [0.5, 0.6) is 0 Å². The van der Waals surface area contributed by atoms with Crippen LogP contribution < -0.4 is 5.32 Å². The minimum absolute atomic E-state index is 0.0817. The Bertz CT molecular complexity index is 324. The molecule has 0 fully saturated rings. The highest BCUT2D eigenvalue weighted by atomic mass is 14.9. The van der Waals surface area contributed by atoms with E-state index in [-0.39, 0.29) is 5.41 Å². The van der Waals surface area contributed by atoms with Crippen LogP contribution in [0.25, 0.3) is 0 Å². The number of pyridine rings is 1. The third-order valence-corrected chi connectivity index (χ3v) is 2.44. The predicted octanol–water partition coefficient (Wildman–Crippen LogP) is 1.86. The number of hydrogen-bond acceptors (Lipinski definition) is 3. The first-order valence-corrected chi connectivity index (χ1v) is 5.15. The fraction of sp³-hybridized carbons (Fsp3) is 0.500. The van der Waals surface area contributed by atoms with Crippen molar-refractivity contribution in [1.29, 1.82) is 5.26 Å². The van der Waals surface area contributed by atoms with E-state index in [9.17, 15) is 0 Å². The Morgan fingerprint density at radius 3 is 2.67 bits per heavy atom. The number of hydrogen-bond donors (Lipinski definition) is 1. The minimum Gasteiger partial charge on any atom is -0.315 e. The molecule has 0 bridgehead atoms. The zero-order chi connectivity index (χ0) is 11.1. The molecule has 0 atom stereocenters. The maximum Gasteiger partial charge on any atom is 0.0635 e. The van der Waals surface area contributed by atoms with Gasteiger partial charge in [-0.1, -0.05) is 13.8 Å². The standard InChI is InChI=1S/C12H17N3/c1-12(2,10-15-7-3-6-13)11-4-8-14-9-5-11/h4-5,8-9,15H,3,7,10H2,1-2H3. The highest BCUT2D eigenvalue weighted by Gasteiger charge is 2.19. The van der Waals surface area contributed by atoms with Gasteiger partial charge in [-0.05, 0) is 17.7 Å². The van der Waals surface area contributed by atoms with Gasteiger partial charge < -0.3 is 5.32 Å². The SMILES string of the molecule is CC(C)(CNCCC#N)c1ccncc1. The first-order chi connectivity index (χ1) is 7.17. The lowest BCUT2D eigenvalue weighted by Crippen LogP contribution is -2.33. The van der Waals surface area contributed by atoms with Crippen LogP contribution in [0.4, 0.5) is 0 Å². The number of rotatable bonds is 5. The van der Waals surface area contributed by atoms with Gasteiger partial charge in [0.1, 0.15) is 0 Å². The average Bonchev–Trinajstić information content (AvgIpc) is 2.26. The van der Waals surface area contributed by atoms with Crippen molar-refractivity contribution in [2.45, 2.75) is 25.7 Å². The Labute approximate surface area is 91.1 Å². The average molecular weight is 203 g/mol. The van der Waals surface area contributed by atoms with Gasteiger partial charge in [-0.25, -0.2) is 0 Å². The molecule has 1 rings (SSSR count). The number of nitrogens with zero attached hydrogens (tertiary/aromatic N) is 2. The zero-order valence-corrected chi connectivity index (χ0v) is 9.33. The molecule has 80 valence electrons. The molecule has 0 aliphatic heterocycles. The summed E-state index contributed by atoms with van der Waals surface area (Å²) in [6.45, 7) is 5.99. The van der Waals surface area contributed by atoms with Gasteiger partial charge in [0, 0.05) is 37.3 Å². The Kier molecular flexibility index (Phi) is 4.26. The van der Waals surface area contributed by atoms with Crippen molar-refractivity contribution in [2.75, 3.05) is 13.1 Å². The van der Waals surface area contributed by atoms with E-state index in [1.165, 1.54) is 5.56 Å². The van der Waals surface area contributed by atoms with Gasteiger partial charge in [0.15, 0.2) is 0 Å². The molecule has 0 saturated heterocycles. The molecule has 3 heteroatoms. The highest BCUT2D eigenvalue weighted by Crippen LogP contribution is 2.20. The molecule has 0 radical (unpaired) electrons. The lowest BCUT2D eigenvalue weighted by atomic mass is 9.85. The molecule has 0 amide bonds. The molecule has 1 N–H and O–H groups in total. The first-order valence-electron chi connectivity index (χ1n) is 5.15. The van der Waals surface area contributed by atoms with Gasteiger partial charge in [-0.3, -0.25) is 4.98 Å². The molecule has 0 spiro atoms. The molecule has 0 aliphatic carbocycles. The number of aromatic nitrogens is 1. The van der Waals surface area contributed by atoms with E-state index in [4.69, 9.17) is 5.26 Å². The summed E-state index contributed by atoms with van der Waals surface area (Å²) in [6.07, 6.45) is 4.19. The largest absolute Gasteiger partial charge is 0.315 e. The van der Waals surface area contributed by atoms with Crippen LogP contribution in [0.2, 0.25) is 0 Å². The Hall–Kier alpha value is -1.40. The van der Waals surface area contributed by atoms with Crippen molar-refractivity contribution in [3.63, 3.8) is 0 Å². The van der Waals surface area contributed by atoms with Gasteiger partial charge >= 0.3 is 0 Å². The Balaban J connectivity index is 2.49. The number of nitriles is 1. The summed E-state index contributed by atoms with van der Waals surface area (Å²) >= 11 is 0. The van der Waals surface area contributed by atoms with Crippen LogP contribution in [0, 0.1) is 11.3 Å². The van der Waals surface area contributed by atoms with Crippen LogP contribution in [-0.2, 0) is 5.41 Å². The van der Waals surface area contributed by atoms with Crippen LogP contribution in [0.15, 0.2) is 24.5 Å². The molecular formula is C12H17N3. The van der Waals surface area contributed by atoms with Crippen molar-refractivity contribution in [2.24, 2.45) is 0 Å². The Morgan fingerprint density at radius 2 is 2.07 bits per heavy atom. The summed E-state index contributed by atoms with van der Waals surface area (Å²) in [5, 5.41) is 11.7. The molecule has 0 unspecified atom stereocenters. The van der Waals surface area contributed by atoms with E-state index in [0.29, 0.717) is 6.42 Å². The fourth-order valence-corrected chi connectivity index (χ4v) is 1.45. The molecular weight excluding hydrogens is 186 g/mol. The number of nitrogens with one attached hydrogen (secondary N) is 1. The summed E-state index contributed by atoms with van der Waals surface area (Å²) in [6, 6.07) is 6.19. The van der Waals surface area contributed by atoms with Crippen molar-refractivity contribution in [1.82, 2.24) is 10.3 Å². The van der Waals surface area contributed by atoms with Crippen LogP contribution in [-0.4, -0.2) is 18.1 Å². The van der Waals surface area contributed by atoms with Gasteiger partial charge in [-0.2, -0.15) is 5.26 Å². The third kappa shape index (κ3) is 3.69. The monoisotopic (exact) mass is 203 g/mol.